The van der Waals surface area contributed by atoms with Crippen molar-refractivity contribution in [1.29, 1.82) is 0 Å². The van der Waals surface area contributed by atoms with Gasteiger partial charge in [-0.2, -0.15) is 5.10 Å². The second kappa shape index (κ2) is 10.3. The van der Waals surface area contributed by atoms with Gasteiger partial charge in [0.2, 0.25) is 5.91 Å². The van der Waals surface area contributed by atoms with Gasteiger partial charge in [-0.3, -0.25) is 14.3 Å². The van der Waals surface area contributed by atoms with Crippen molar-refractivity contribution >= 4 is 18.3 Å². The number of H-pyrrole nitrogens is 1. The van der Waals surface area contributed by atoms with Gasteiger partial charge in [0, 0.05) is 48.4 Å². The third-order valence-electron chi connectivity index (χ3n) is 6.33. The highest BCUT2D eigenvalue weighted by atomic mass is 35.5. The molecule has 1 aliphatic rings. The van der Waals surface area contributed by atoms with Crippen LogP contribution in [-0.2, 0) is 30.7 Å². The lowest BCUT2D eigenvalue weighted by Crippen LogP contribution is -2.33. The van der Waals surface area contributed by atoms with Gasteiger partial charge in [0.25, 0.3) is 5.56 Å². The maximum atomic E-state index is 13.2. The number of rotatable bonds is 5. The molecule has 1 aliphatic carbocycles. The summed E-state index contributed by atoms with van der Waals surface area (Å²) >= 11 is 0. The molecule has 2 aromatic heterocycles. The number of carbonyl (C=O) groups excluding carboxylic acids is 1. The SMILES string of the molecule is CCn1ncc(CN(C)C(=O)C2CCc3nc(-c4ccc(F)cc4)[nH]c(=O)c3CC2)c1C.Cl. The van der Waals surface area contributed by atoms with Crippen LogP contribution in [0.15, 0.2) is 35.3 Å². The number of aromatic amines is 1. The fraction of sp³-hybridized carbons (Fsp3) is 0.417. The summed E-state index contributed by atoms with van der Waals surface area (Å²) in [5, 5.41) is 4.36. The van der Waals surface area contributed by atoms with Crippen molar-refractivity contribution in [3.05, 3.63) is 69.1 Å². The Morgan fingerprint density at radius 1 is 1.24 bits per heavy atom. The Morgan fingerprint density at radius 2 is 1.94 bits per heavy atom. The number of amides is 1. The maximum Gasteiger partial charge on any atom is 0.254 e. The largest absolute Gasteiger partial charge is 0.341 e. The first kappa shape index (κ1) is 24.6. The van der Waals surface area contributed by atoms with E-state index >= 15 is 0 Å². The molecule has 0 bridgehead atoms. The van der Waals surface area contributed by atoms with E-state index in [9.17, 15) is 14.0 Å². The minimum atomic E-state index is -0.339. The molecule has 4 rings (SSSR count). The highest BCUT2D eigenvalue weighted by Gasteiger charge is 2.27. The van der Waals surface area contributed by atoms with Gasteiger partial charge in [-0.05, 0) is 63.8 Å². The summed E-state index contributed by atoms with van der Waals surface area (Å²) in [6, 6.07) is 5.89. The van der Waals surface area contributed by atoms with Gasteiger partial charge < -0.3 is 9.88 Å². The second-order valence-electron chi connectivity index (χ2n) is 8.39. The third kappa shape index (κ3) is 5.16. The van der Waals surface area contributed by atoms with Crippen molar-refractivity contribution in [2.75, 3.05) is 7.05 Å². The number of nitrogens with one attached hydrogen (secondary N) is 1. The van der Waals surface area contributed by atoms with Crippen LogP contribution in [0.3, 0.4) is 0 Å². The lowest BCUT2D eigenvalue weighted by atomic mass is 9.98. The minimum absolute atomic E-state index is 0. The molecule has 0 saturated heterocycles. The summed E-state index contributed by atoms with van der Waals surface area (Å²) in [4.78, 5) is 35.1. The predicted molar refractivity (Wildman–Crippen MR) is 127 cm³/mol. The van der Waals surface area contributed by atoms with E-state index < -0.39 is 0 Å². The maximum absolute atomic E-state index is 13.2. The summed E-state index contributed by atoms with van der Waals surface area (Å²) in [7, 11) is 1.82. The summed E-state index contributed by atoms with van der Waals surface area (Å²) in [6.07, 6.45) is 4.15. The normalized spacial score (nSPS) is 15.3. The lowest BCUT2D eigenvalue weighted by molar-refractivity contribution is -0.135. The van der Waals surface area contributed by atoms with E-state index in [1.54, 1.807) is 17.0 Å². The Kier molecular flexibility index (Phi) is 7.68. The topological polar surface area (TPSA) is 83.9 Å². The molecule has 2 heterocycles. The van der Waals surface area contributed by atoms with Gasteiger partial charge in [-0.15, -0.1) is 12.4 Å². The van der Waals surface area contributed by atoms with Crippen LogP contribution >= 0.6 is 12.4 Å². The van der Waals surface area contributed by atoms with E-state index in [1.807, 2.05) is 31.8 Å². The molecule has 1 N–H and O–H groups in total. The fourth-order valence-electron chi connectivity index (χ4n) is 4.38. The summed E-state index contributed by atoms with van der Waals surface area (Å²) in [5.41, 5.74) is 3.97. The van der Waals surface area contributed by atoms with Crippen LogP contribution in [0.4, 0.5) is 4.39 Å². The molecule has 3 aromatic rings. The van der Waals surface area contributed by atoms with Crippen molar-refractivity contribution in [3.63, 3.8) is 0 Å². The quantitative estimate of drug-likeness (QED) is 0.573. The Balaban J connectivity index is 0.00000306. The van der Waals surface area contributed by atoms with E-state index in [0.29, 0.717) is 49.2 Å². The highest BCUT2D eigenvalue weighted by Crippen LogP contribution is 2.25. The number of halogens is 2. The molecular weight excluding hydrogens is 445 g/mol. The molecule has 1 aromatic carbocycles. The fourth-order valence-corrected chi connectivity index (χ4v) is 4.38. The number of aryl methyl sites for hydroxylation is 2. The lowest BCUT2D eigenvalue weighted by Gasteiger charge is -2.22. The number of fused-ring (bicyclic) bond motifs is 1. The first-order valence-electron chi connectivity index (χ1n) is 11.0. The van der Waals surface area contributed by atoms with Gasteiger partial charge in [0.1, 0.15) is 11.6 Å². The van der Waals surface area contributed by atoms with E-state index in [0.717, 1.165) is 23.5 Å². The molecule has 0 saturated carbocycles. The number of nitrogens with zero attached hydrogens (tertiary/aromatic N) is 4. The van der Waals surface area contributed by atoms with Gasteiger partial charge in [-0.25, -0.2) is 9.37 Å². The van der Waals surface area contributed by atoms with Crippen LogP contribution < -0.4 is 5.56 Å². The monoisotopic (exact) mass is 473 g/mol. The van der Waals surface area contributed by atoms with Gasteiger partial charge >= 0.3 is 0 Å². The zero-order valence-corrected chi connectivity index (χ0v) is 19.9. The van der Waals surface area contributed by atoms with Gasteiger partial charge in [-0.1, -0.05) is 0 Å². The third-order valence-corrected chi connectivity index (χ3v) is 6.33. The number of benzene rings is 1. The molecule has 1 amide bonds. The first-order valence-corrected chi connectivity index (χ1v) is 11.0. The van der Waals surface area contributed by atoms with Crippen LogP contribution in [0.2, 0.25) is 0 Å². The van der Waals surface area contributed by atoms with Crippen LogP contribution in [0.1, 0.15) is 42.3 Å². The molecule has 1 atom stereocenters. The molecule has 0 spiro atoms. The van der Waals surface area contributed by atoms with Crippen molar-refractivity contribution < 1.29 is 9.18 Å². The molecule has 176 valence electrons. The molecule has 1 unspecified atom stereocenters. The zero-order valence-electron chi connectivity index (χ0n) is 19.1. The summed E-state index contributed by atoms with van der Waals surface area (Å²) in [6.45, 7) is 5.37. The van der Waals surface area contributed by atoms with Gasteiger partial charge in [0.15, 0.2) is 0 Å². The molecule has 0 radical (unpaired) electrons. The van der Waals surface area contributed by atoms with E-state index in [4.69, 9.17) is 0 Å². The Bertz CT molecular complexity index is 1190. The summed E-state index contributed by atoms with van der Waals surface area (Å²) in [5.74, 6) is 0.00802. The Hall–Kier alpha value is -3.00. The number of aromatic nitrogens is 4. The van der Waals surface area contributed by atoms with E-state index in [1.165, 1.54) is 12.1 Å². The molecule has 0 aliphatic heterocycles. The highest BCUT2D eigenvalue weighted by molar-refractivity contribution is 5.85. The summed E-state index contributed by atoms with van der Waals surface area (Å²) < 4.78 is 15.2. The average Bonchev–Trinajstić information content (AvgIpc) is 2.99. The molecule has 9 heteroatoms. The molecule has 7 nitrogen and oxygen atoms in total. The molecule has 33 heavy (non-hydrogen) atoms. The molecular formula is C24H29ClFN5O2. The smallest absolute Gasteiger partial charge is 0.254 e. The number of hydrogen-bond acceptors (Lipinski definition) is 4. The van der Waals surface area contributed by atoms with Crippen molar-refractivity contribution in [2.45, 2.75) is 52.6 Å². The number of hydrogen-bond donors (Lipinski definition) is 1. The van der Waals surface area contributed by atoms with Crippen LogP contribution in [0.5, 0.6) is 0 Å². The van der Waals surface area contributed by atoms with Crippen LogP contribution in [-0.4, -0.2) is 37.6 Å². The number of carbonyl (C=O) groups is 1. The zero-order chi connectivity index (χ0) is 22.8. The van der Waals surface area contributed by atoms with Crippen LogP contribution in [0, 0.1) is 18.7 Å². The first-order chi connectivity index (χ1) is 15.4. The van der Waals surface area contributed by atoms with Crippen LogP contribution in [0.25, 0.3) is 11.4 Å². The van der Waals surface area contributed by atoms with Crippen molar-refractivity contribution in [1.82, 2.24) is 24.6 Å². The standard InChI is InChI=1S/C24H28FN5O2.ClH/c1-4-30-15(2)18(13-26-30)14-29(3)24(32)17-7-11-20-21(12-8-17)27-22(28-23(20)31)16-5-9-19(25)10-6-16;/h5-6,9-10,13,17H,4,7-8,11-12,14H2,1-3H3,(H,27,28,31);1H. The Labute approximate surface area is 198 Å². The minimum Gasteiger partial charge on any atom is -0.341 e. The van der Waals surface area contributed by atoms with Gasteiger partial charge in [0.05, 0.1) is 11.9 Å². The van der Waals surface area contributed by atoms with Crippen molar-refractivity contribution in [3.8, 4) is 11.4 Å². The van der Waals surface area contributed by atoms with E-state index in [2.05, 4.69) is 15.1 Å². The van der Waals surface area contributed by atoms with Crippen molar-refractivity contribution in [2.24, 2.45) is 5.92 Å². The average molecular weight is 474 g/mol. The molecule has 0 fully saturated rings. The predicted octanol–water partition coefficient (Wildman–Crippen LogP) is 3.68. The van der Waals surface area contributed by atoms with E-state index in [-0.39, 0.29) is 35.6 Å². The Morgan fingerprint density at radius 3 is 2.61 bits per heavy atom. The second-order valence-corrected chi connectivity index (χ2v) is 8.39.